The Labute approximate surface area is 115 Å². The van der Waals surface area contributed by atoms with E-state index in [2.05, 4.69) is 5.32 Å². The van der Waals surface area contributed by atoms with Gasteiger partial charge in [-0.25, -0.2) is 0 Å². The smallest absolute Gasteiger partial charge is 0.326 e. The first kappa shape index (κ1) is 14.8. The van der Waals surface area contributed by atoms with Gasteiger partial charge in [0.1, 0.15) is 5.54 Å². The topological polar surface area (TPSA) is 58.6 Å². The molecular formula is C15H27NO3. The molecule has 2 N–H and O–H groups in total. The Morgan fingerprint density at radius 2 is 1.95 bits per heavy atom. The third kappa shape index (κ3) is 3.69. The molecule has 2 aliphatic carbocycles. The molecule has 0 spiro atoms. The van der Waals surface area contributed by atoms with Gasteiger partial charge in [-0.1, -0.05) is 12.8 Å². The van der Waals surface area contributed by atoms with Crippen molar-refractivity contribution in [2.75, 3.05) is 13.2 Å². The quantitative estimate of drug-likeness (QED) is 0.710. The zero-order chi connectivity index (χ0) is 13.9. The average Bonchev–Trinajstić information content (AvgIpc) is 3.06. The Kier molecular flexibility index (Phi) is 4.85. The van der Waals surface area contributed by atoms with E-state index in [1.807, 2.05) is 13.8 Å². The van der Waals surface area contributed by atoms with Crippen molar-refractivity contribution in [2.45, 2.75) is 64.0 Å². The zero-order valence-corrected chi connectivity index (χ0v) is 12.2. The molecule has 0 bridgehead atoms. The summed E-state index contributed by atoms with van der Waals surface area (Å²) in [6.45, 7) is 5.03. The lowest BCUT2D eigenvalue weighted by Crippen LogP contribution is -2.59. The predicted molar refractivity (Wildman–Crippen MR) is 74.1 cm³/mol. The van der Waals surface area contributed by atoms with E-state index in [0.29, 0.717) is 12.5 Å². The van der Waals surface area contributed by atoms with Crippen molar-refractivity contribution in [2.24, 2.45) is 11.8 Å². The number of ether oxygens (including phenoxy) is 1. The summed E-state index contributed by atoms with van der Waals surface area (Å²) in [6, 6.07) is 0.159. The molecule has 2 rings (SSSR count). The highest BCUT2D eigenvalue weighted by Crippen LogP contribution is 2.40. The van der Waals surface area contributed by atoms with Crippen LogP contribution in [0, 0.1) is 11.8 Å². The number of aliphatic carboxylic acids is 1. The maximum Gasteiger partial charge on any atom is 0.326 e. The van der Waals surface area contributed by atoms with Gasteiger partial charge < -0.3 is 9.84 Å². The van der Waals surface area contributed by atoms with E-state index in [1.54, 1.807) is 0 Å². The van der Waals surface area contributed by atoms with Crippen molar-refractivity contribution in [3.05, 3.63) is 0 Å². The van der Waals surface area contributed by atoms with Crippen LogP contribution in [0.1, 0.15) is 52.4 Å². The lowest BCUT2D eigenvalue weighted by molar-refractivity contribution is -0.150. The first-order chi connectivity index (χ1) is 9.04. The van der Waals surface area contributed by atoms with Crippen molar-refractivity contribution in [3.8, 4) is 0 Å². The van der Waals surface area contributed by atoms with Gasteiger partial charge >= 0.3 is 5.97 Å². The number of nitrogens with one attached hydrogen (secondary N) is 1. The third-order valence-electron chi connectivity index (χ3n) is 4.36. The molecule has 4 nitrogen and oxygen atoms in total. The van der Waals surface area contributed by atoms with Crippen molar-refractivity contribution in [1.82, 2.24) is 5.32 Å². The minimum Gasteiger partial charge on any atom is -0.480 e. The van der Waals surface area contributed by atoms with Crippen molar-refractivity contribution in [3.63, 3.8) is 0 Å². The molecule has 19 heavy (non-hydrogen) atoms. The van der Waals surface area contributed by atoms with Crippen molar-refractivity contribution in [1.29, 1.82) is 0 Å². The first-order valence-electron chi connectivity index (χ1n) is 7.63. The van der Waals surface area contributed by atoms with Gasteiger partial charge in [0, 0.05) is 12.6 Å². The van der Waals surface area contributed by atoms with Crippen molar-refractivity contribution < 1.29 is 14.6 Å². The molecule has 1 unspecified atom stereocenters. The molecule has 0 aromatic rings. The number of hydrogen-bond donors (Lipinski definition) is 2. The highest BCUT2D eigenvalue weighted by molar-refractivity contribution is 5.80. The minimum absolute atomic E-state index is 0.159. The Bertz CT molecular complexity index is 309. The van der Waals surface area contributed by atoms with Gasteiger partial charge in [-0.2, -0.15) is 0 Å². The van der Waals surface area contributed by atoms with Crippen LogP contribution in [0.15, 0.2) is 0 Å². The van der Waals surface area contributed by atoms with E-state index in [1.165, 1.54) is 25.7 Å². The summed E-state index contributed by atoms with van der Waals surface area (Å²) in [4.78, 5) is 11.7. The molecule has 0 radical (unpaired) electrons. The van der Waals surface area contributed by atoms with Gasteiger partial charge in [-0.3, -0.25) is 10.1 Å². The van der Waals surface area contributed by atoms with Crippen LogP contribution in [0.5, 0.6) is 0 Å². The Hall–Kier alpha value is -0.610. The van der Waals surface area contributed by atoms with Crippen molar-refractivity contribution >= 4 is 5.97 Å². The zero-order valence-electron chi connectivity index (χ0n) is 12.2. The lowest BCUT2D eigenvalue weighted by Gasteiger charge is -2.33. The molecule has 0 heterocycles. The largest absolute Gasteiger partial charge is 0.480 e. The molecule has 0 aromatic heterocycles. The summed E-state index contributed by atoms with van der Waals surface area (Å²) in [7, 11) is 0. The van der Waals surface area contributed by atoms with Gasteiger partial charge in [0.15, 0.2) is 0 Å². The molecule has 1 atom stereocenters. The molecule has 0 amide bonds. The molecule has 4 heteroatoms. The SMILES string of the molecule is CC(C)NC(COCC1CCCC1)(C(=O)O)C1CC1. The summed E-state index contributed by atoms with van der Waals surface area (Å²) in [5.41, 5.74) is -0.868. The van der Waals surface area contributed by atoms with Crippen LogP contribution in [0.4, 0.5) is 0 Å². The van der Waals surface area contributed by atoms with Crippen LogP contribution in [-0.2, 0) is 9.53 Å². The van der Waals surface area contributed by atoms with Crippen LogP contribution >= 0.6 is 0 Å². The monoisotopic (exact) mass is 269 g/mol. The number of rotatable bonds is 8. The average molecular weight is 269 g/mol. The fourth-order valence-corrected chi connectivity index (χ4v) is 3.23. The normalized spacial score (nSPS) is 23.7. The molecule has 2 saturated carbocycles. The van der Waals surface area contributed by atoms with E-state index in [4.69, 9.17) is 4.74 Å². The van der Waals surface area contributed by atoms with Crippen LogP contribution in [0.3, 0.4) is 0 Å². The van der Waals surface area contributed by atoms with Gasteiger partial charge in [0.25, 0.3) is 0 Å². The lowest BCUT2D eigenvalue weighted by atomic mass is 9.93. The fourth-order valence-electron chi connectivity index (χ4n) is 3.23. The summed E-state index contributed by atoms with van der Waals surface area (Å²) in [5.74, 6) is 0.121. The molecular weight excluding hydrogens is 242 g/mol. The molecule has 110 valence electrons. The number of carboxylic acids is 1. The van der Waals surface area contributed by atoms with Gasteiger partial charge in [-0.15, -0.1) is 0 Å². The van der Waals surface area contributed by atoms with E-state index in [-0.39, 0.29) is 12.0 Å². The Morgan fingerprint density at radius 3 is 2.42 bits per heavy atom. The maximum atomic E-state index is 11.7. The van der Waals surface area contributed by atoms with Crippen LogP contribution in [-0.4, -0.2) is 35.9 Å². The molecule has 0 aliphatic heterocycles. The number of hydrogen-bond acceptors (Lipinski definition) is 3. The highest BCUT2D eigenvalue weighted by atomic mass is 16.5. The second-order valence-corrected chi connectivity index (χ2v) is 6.52. The summed E-state index contributed by atoms with van der Waals surface area (Å²) < 4.78 is 5.80. The van der Waals surface area contributed by atoms with E-state index >= 15 is 0 Å². The Morgan fingerprint density at radius 1 is 1.32 bits per heavy atom. The van der Waals surface area contributed by atoms with E-state index < -0.39 is 11.5 Å². The molecule has 0 aromatic carbocycles. The minimum atomic E-state index is -0.868. The summed E-state index contributed by atoms with van der Waals surface area (Å²) in [5, 5.41) is 12.9. The number of carbonyl (C=O) groups is 1. The number of carboxylic acid groups (broad SMARTS) is 1. The molecule has 2 fully saturated rings. The van der Waals surface area contributed by atoms with Gasteiger partial charge in [0.2, 0.25) is 0 Å². The fraction of sp³-hybridized carbons (Fsp3) is 0.933. The maximum absolute atomic E-state index is 11.7. The second-order valence-electron chi connectivity index (χ2n) is 6.52. The highest BCUT2D eigenvalue weighted by Gasteiger charge is 2.51. The van der Waals surface area contributed by atoms with Gasteiger partial charge in [0.05, 0.1) is 6.61 Å². The van der Waals surface area contributed by atoms with Gasteiger partial charge in [-0.05, 0) is 51.4 Å². The molecule has 2 aliphatic rings. The van der Waals surface area contributed by atoms with E-state index in [0.717, 1.165) is 19.4 Å². The first-order valence-corrected chi connectivity index (χ1v) is 7.63. The van der Waals surface area contributed by atoms with Crippen LogP contribution in [0.2, 0.25) is 0 Å². The Balaban J connectivity index is 1.90. The van der Waals surface area contributed by atoms with E-state index in [9.17, 15) is 9.90 Å². The summed E-state index contributed by atoms with van der Waals surface area (Å²) in [6.07, 6.45) is 7.07. The summed E-state index contributed by atoms with van der Waals surface area (Å²) >= 11 is 0. The second kappa shape index (κ2) is 6.23. The van der Waals surface area contributed by atoms with Crippen LogP contribution in [0.25, 0.3) is 0 Å². The third-order valence-corrected chi connectivity index (χ3v) is 4.36. The molecule has 0 saturated heterocycles. The van der Waals surface area contributed by atoms with Crippen LogP contribution < -0.4 is 5.32 Å². The predicted octanol–water partition coefficient (Wildman–Crippen LogP) is 2.42. The standard InChI is InChI=1S/C15H27NO3/c1-11(2)16-15(14(17)18,13-7-8-13)10-19-9-12-5-3-4-6-12/h11-13,16H,3-10H2,1-2H3,(H,17,18).